The second kappa shape index (κ2) is 7.91. The van der Waals surface area contributed by atoms with Crippen molar-refractivity contribution in [2.24, 2.45) is 5.73 Å². The fourth-order valence-electron chi connectivity index (χ4n) is 3.02. The molecule has 9 heteroatoms. The Kier molecular flexibility index (Phi) is 6.73. The Balaban J connectivity index is 2.13. The van der Waals surface area contributed by atoms with E-state index in [1.807, 2.05) is 22.6 Å². The highest BCUT2D eigenvalue weighted by atomic mass is 127. The summed E-state index contributed by atoms with van der Waals surface area (Å²) in [6.45, 7) is 9.27. The van der Waals surface area contributed by atoms with Gasteiger partial charge in [-0.25, -0.2) is 0 Å². The quantitative estimate of drug-likeness (QED) is 0.330. The fourth-order valence-corrected chi connectivity index (χ4v) is 3.61. The van der Waals surface area contributed by atoms with E-state index in [-0.39, 0.29) is 13.2 Å². The molecule has 0 radical (unpaired) electrons. The molecule has 3 N–H and O–H groups in total. The number of esters is 1. The van der Waals surface area contributed by atoms with Crippen LogP contribution in [0.1, 0.15) is 34.6 Å². The van der Waals surface area contributed by atoms with E-state index in [1.54, 1.807) is 34.6 Å². The van der Waals surface area contributed by atoms with Gasteiger partial charge in [0.25, 0.3) is 0 Å². The molecule has 2 aliphatic rings. The first-order valence-corrected chi connectivity index (χ1v) is 9.64. The van der Waals surface area contributed by atoms with E-state index in [0.717, 1.165) is 0 Å². The summed E-state index contributed by atoms with van der Waals surface area (Å²) in [4.78, 5) is 12.0. The third-order valence-corrected chi connectivity index (χ3v) is 5.48. The number of aliphatic hydroxyl groups excluding tert-OH is 1. The maximum absolute atomic E-state index is 12.0. The van der Waals surface area contributed by atoms with Gasteiger partial charge < -0.3 is 34.5 Å². The first-order chi connectivity index (χ1) is 11.5. The zero-order valence-electron chi connectivity index (χ0n) is 15.2. The molecule has 2 rings (SSSR count). The molecule has 8 nitrogen and oxygen atoms in total. The minimum absolute atomic E-state index is 0.238. The normalized spacial score (nSPS) is 34.5. The van der Waals surface area contributed by atoms with Crippen molar-refractivity contribution in [1.82, 2.24) is 0 Å². The van der Waals surface area contributed by atoms with Crippen LogP contribution >= 0.6 is 22.6 Å². The van der Waals surface area contributed by atoms with Crippen LogP contribution in [-0.2, 0) is 28.5 Å². The van der Waals surface area contributed by atoms with Gasteiger partial charge in [-0.2, -0.15) is 0 Å². The van der Waals surface area contributed by atoms with E-state index in [0.29, 0.717) is 0 Å². The van der Waals surface area contributed by atoms with Gasteiger partial charge in [0.15, 0.2) is 11.6 Å². The molecule has 6 atom stereocenters. The van der Waals surface area contributed by atoms with Crippen LogP contribution in [0.15, 0.2) is 0 Å². The number of nitrogens with two attached hydrogens (primary N) is 1. The number of halogens is 1. The lowest BCUT2D eigenvalue weighted by Gasteiger charge is -2.30. The van der Waals surface area contributed by atoms with E-state index < -0.39 is 51.9 Å². The smallest absolute Gasteiger partial charge is 0.320 e. The van der Waals surface area contributed by atoms with Crippen LogP contribution in [0.25, 0.3) is 0 Å². The van der Waals surface area contributed by atoms with Crippen LogP contribution in [0.4, 0.5) is 0 Å². The van der Waals surface area contributed by atoms with E-state index in [1.165, 1.54) is 0 Å². The number of rotatable bonds is 6. The van der Waals surface area contributed by atoms with Crippen LogP contribution in [0.3, 0.4) is 0 Å². The maximum Gasteiger partial charge on any atom is 0.320 e. The molecule has 2 heterocycles. The lowest BCUT2D eigenvalue weighted by atomic mass is 9.96. The van der Waals surface area contributed by atoms with Gasteiger partial charge in [-0.3, -0.25) is 4.79 Å². The molecule has 146 valence electrons. The van der Waals surface area contributed by atoms with Crippen LogP contribution in [0, 0.1) is 0 Å². The Morgan fingerprint density at radius 2 is 1.84 bits per heavy atom. The highest BCUT2D eigenvalue weighted by Crippen LogP contribution is 2.36. The summed E-state index contributed by atoms with van der Waals surface area (Å²) in [6.07, 6.45) is -3.02. The largest absolute Gasteiger partial charge is 0.465 e. The van der Waals surface area contributed by atoms with Crippen molar-refractivity contribution >= 4 is 28.6 Å². The standard InChI is InChI=1S/C16H28INO7/c1-6-21-14(20)9(17)10(18)12-13(25-16(4,5)24-12)11(19)8-7-22-15(2,3)23-8/h8-13,19H,6-7,18H2,1-5H3. The van der Waals surface area contributed by atoms with Crippen molar-refractivity contribution < 1.29 is 33.6 Å². The highest BCUT2D eigenvalue weighted by molar-refractivity contribution is 14.1. The van der Waals surface area contributed by atoms with E-state index in [4.69, 9.17) is 29.4 Å². The van der Waals surface area contributed by atoms with Gasteiger partial charge in [0, 0.05) is 0 Å². The Labute approximate surface area is 161 Å². The number of ether oxygens (including phenoxy) is 5. The molecule has 0 amide bonds. The monoisotopic (exact) mass is 473 g/mol. The topological polar surface area (TPSA) is 109 Å². The van der Waals surface area contributed by atoms with Crippen molar-refractivity contribution in [2.75, 3.05) is 13.2 Å². The van der Waals surface area contributed by atoms with Gasteiger partial charge in [-0.05, 0) is 34.6 Å². The Morgan fingerprint density at radius 3 is 2.36 bits per heavy atom. The molecule has 0 saturated carbocycles. The molecule has 0 aromatic carbocycles. The van der Waals surface area contributed by atoms with Gasteiger partial charge >= 0.3 is 5.97 Å². The van der Waals surface area contributed by atoms with Gasteiger partial charge in [0.2, 0.25) is 0 Å². The summed E-state index contributed by atoms with van der Waals surface area (Å²) < 4.78 is 27.4. The average Bonchev–Trinajstić information content (AvgIpc) is 3.04. The molecule has 0 aromatic rings. The van der Waals surface area contributed by atoms with Crippen LogP contribution < -0.4 is 5.73 Å². The first-order valence-electron chi connectivity index (χ1n) is 8.39. The molecular weight excluding hydrogens is 445 g/mol. The molecule has 2 aliphatic heterocycles. The number of hydrogen-bond acceptors (Lipinski definition) is 8. The lowest BCUT2D eigenvalue weighted by Crippen LogP contribution is -2.55. The number of aliphatic hydroxyl groups is 1. The summed E-state index contributed by atoms with van der Waals surface area (Å²) >= 11 is 1.93. The second-order valence-corrected chi connectivity index (χ2v) is 8.50. The molecular formula is C16H28INO7. The van der Waals surface area contributed by atoms with E-state index >= 15 is 0 Å². The van der Waals surface area contributed by atoms with E-state index in [2.05, 4.69) is 0 Å². The van der Waals surface area contributed by atoms with Crippen LogP contribution in [0.2, 0.25) is 0 Å². The van der Waals surface area contributed by atoms with Crippen molar-refractivity contribution in [2.45, 2.75) is 80.6 Å². The zero-order chi connectivity index (χ0) is 19.0. The van der Waals surface area contributed by atoms with Gasteiger partial charge in [0.1, 0.15) is 28.3 Å². The van der Waals surface area contributed by atoms with Crippen LogP contribution in [-0.4, -0.2) is 70.2 Å². The van der Waals surface area contributed by atoms with Crippen molar-refractivity contribution in [3.05, 3.63) is 0 Å². The molecule has 25 heavy (non-hydrogen) atoms. The Hall–Kier alpha value is -0.0400. The summed E-state index contributed by atoms with van der Waals surface area (Å²) in [5, 5.41) is 10.8. The fraction of sp³-hybridized carbons (Fsp3) is 0.938. The highest BCUT2D eigenvalue weighted by Gasteiger charge is 2.53. The molecule has 0 aromatic heterocycles. The van der Waals surface area contributed by atoms with Crippen molar-refractivity contribution in [1.29, 1.82) is 0 Å². The second-order valence-electron chi connectivity index (χ2n) is 7.15. The van der Waals surface area contributed by atoms with Crippen molar-refractivity contribution in [3.63, 3.8) is 0 Å². The third-order valence-electron chi connectivity index (χ3n) is 4.14. The number of alkyl halides is 1. The van der Waals surface area contributed by atoms with Gasteiger partial charge in [-0.15, -0.1) is 0 Å². The minimum atomic E-state index is -1.01. The maximum atomic E-state index is 12.0. The molecule has 6 unspecified atom stereocenters. The third kappa shape index (κ3) is 5.02. The number of carbonyl (C=O) groups excluding carboxylic acids is 1. The average molecular weight is 473 g/mol. The SMILES string of the molecule is CCOC(=O)C(I)C(N)C1OC(C)(C)OC1C(O)C1COC(C)(C)O1. The number of carbonyl (C=O) groups is 1. The van der Waals surface area contributed by atoms with Crippen molar-refractivity contribution in [3.8, 4) is 0 Å². The number of hydrogen-bond donors (Lipinski definition) is 2. The molecule has 2 saturated heterocycles. The minimum Gasteiger partial charge on any atom is -0.465 e. The molecule has 2 fully saturated rings. The zero-order valence-corrected chi connectivity index (χ0v) is 17.4. The predicted octanol–water partition coefficient (Wildman–Crippen LogP) is 0.713. The summed E-state index contributed by atoms with van der Waals surface area (Å²) in [7, 11) is 0. The summed E-state index contributed by atoms with van der Waals surface area (Å²) in [5.41, 5.74) is 6.26. The summed E-state index contributed by atoms with van der Waals surface area (Å²) in [5.74, 6) is -2.12. The summed E-state index contributed by atoms with van der Waals surface area (Å²) in [6, 6.07) is -0.712. The molecule has 0 spiro atoms. The Morgan fingerprint density at radius 1 is 1.24 bits per heavy atom. The first kappa shape index (κ1) is 21.3. The van der Waals surface area contributed by atoms with Crippen LogP contribution in [0.5, 0.6) is 0 Å². The molecule has 0 aliphatic carbocycles. The lowest BCUT2D eigenvalue weighted by molar-refractivity contribution is -0.178. The van der Waals surface area contributed by atoms with E-state index in [9.17, 15) is 9.90 Å². The predicted molar refractivity (Wildman–Crippen MR) is 97.2 cm³/mol. The molecule has 0 bridgehead atoms. The Bertz CT molecular complexity index is 487. The van der Waals surface area contributed by atoms with Gasteiger partial charge in [-0.1, -0.05) is 22.6 Å². The van der Waals surface area contributed by atoms with Gasteiger partial charge in [0.05, 0.1) is 19.3 Å².